The highest BCUT2D eigenvalue weighted by Gasteiger charge is 2.26. The summed E-state index contributed by atoms with van der Waals surface area (Å²) in [6.07, 6.45) is 1.22. The highest BCUT2D eigenvalue weighted by Crippen LogP contribution is 2.36. The van der Waals surface area contributed by atoms with Crippen LogP contribution in [0.1, 0.15) is 0 Å². The lowest BCUT2D eigenvalue weighted by molar-refractivity contribution is -0.386. The van der Waals surface area contributed by atoms with Crippen LogP contribution < -0.4 is 10.1 Å². The topological polar surface area (TPSA) is 77.3 Å². The fourth-order valence-electron chi connectivity index (χ4n) is 1.90. The van der Waals surface area contributed by atoms with Gasteiger partial charge < -0.3 is 10.1 Å². The molecule has 0 aliphatic carbocycles. The summed E-state index contributed by atoms with van der Waals surface area (Å²) in [6, 6.07) is 5.43. The molecule has 98 valence electrons. The van der Waals surface area contributed by atoms with E-state index < -0.39 is 4.92 Å². The zero-order valence-corrected chi connectivity index (χ0v) is 11.4. The Bertz CT molecular complexity index is 658. The van der Waals surface area contributed by atoms with Gasteiger partial charge in [0.25, 0.3) is 0 Å². The van der Waals surface area contributed by atoms with E-state index in [-0.39, 0.29) is 11.8 Å². The molecule has 7 heteroatoms. The zero-order chi connectivity index (χ0) is 13.4. The molecule has 0 amide bonds. The Balaban J connectivity index is 2.17. The standard InChI is InChI=1S/C12H10BrN3O3/c13-7-1-2-10-9(3-7)12(19-8-4-14-5-8)11(6-15-10)16(17)18/h1-3,6,8,14H,4-5H2. The third-order valence-corrected chi connectivity index (χ3v) is 3.48. The molecule has 0 saturated carbocycles. The SMILES string of the molecule is O=[N+]([O-])c1cnc2ccc(Br)cc2c1OC1CNC1. The van der Waals surface area contributed by atoms with Gasteiger partial charge in [0.05, 0.1) is 15.8 Å². The first-order valence-corrected chi connectivity index (χ1v) is 6.54. The quantitative estimate of drug-likeness (QED) is 0.692. The number of aromatic nitrogens is 1. The summed E-state index contributed by atoms with van der Waals surface area (Å²) in [5.74, 6) is 0.294. The van der Waals surface area contributed by atoms with E-state index in [9.17, 15) is 10.1 Å². The Kier molecular flexibility index (Phi) is 3.08. The Morgan fingerprint density at radius 2 is 2.26 bits per heavy atom. The summed E-state index contributed by atoms with van der Waals surface area (Å²) in [6.45, 7) is 1.41. The summed E-state index contributed by atoms with van der Waals surface area (Å²) in [7, 11) is 0. The van der Waals surface area contributed by atoms with Crippen molar-refractivity contribution < 1.29 is 9.66 Å². The normalized spacial score (nSPS) is 15.2. The van der Waals surface area contributed by atoms with Gasteiger partial charge in [-0.3, -0.25) is 10.1 Å². The van der Waals surface area contributed by atoms with Crippen molar-refractivity contribution in [1.82, 2.24) is 10.3 Å². The Morgan fingerprint density at radius 3 is 2.89 bits per heavy atom. The Labute approximate surface area is 117 Å². The van der Waals surface area contributed by atoms with Crippen LogP contribution in [0, 0.1) is 10.1 Å². The second-order valence-electron chi connectivity index (χ2n) is 4.29. The number of fused-ring (bicyclic) bond motifs is 1. The van der Waals surface area contributed by atoms with Crippen LogP contribution in [0.4, 0.5) is 5.69 Å². The van der Waals surface area contributed by atoms with Crippen molar-refractivity contribution in [3.63, 3.8) is 0 Å². The number of hydrogen-bond acceptors (Lipinski definition) is 5. The van der Waals surface area contributed by atoms with E-state index in [1.54, 1.807) is 12.1 Å². The van der Waals surface area contributed by atoms with Crippen molar-refractivity contribution in [3.8, 4) is 5.75 Å². The first kappa shape index (κ1) is 12.3. The largest absolute Gasteiger partial charge is 0.480 e. The molecule has 6 nitrogen and oxygen atoms in total. The fraction of sp³-hybridized carbons (Fsp3) is 0.250. The number of ether oxygens (including phenoxy) is 1. The van der Waals surface area contributed by atoms with E-state index in [0.29, 0.717) is 29.7 Å². The Morgan fingerprint density at radius 1 is 1.47 bits per heavy atom. The number of hydrogen-bond donors (Lipinski definition) is 1. The van der Waals surface area contributed by atoms with Crippen molar-refractivity contribution in [1.29, 1.82) is 0 Å². The van der Waals surface area contributed by atoms with Crippen molar-refractivity contribution in [2.45, 2.75) is 6.10 Å². The number of pyridine rings is 1. The first-order valence-electron chi connectivity index (χ1n) is 5.75. The molecule has 1 saturated heterocycles. The average molecular weight is 324 g/mol. The van der Waals surface area contributed by atoms with Crippen LogP contribution in [0.15, 0.2) is 28.9 Å². The van der Waals surface area contributed by atoms with Crippen LogP contribution in [0.3, 0.4) is 0 Å². The van der Waals surface area contributed by atoms with Gasteiger partial charge in [-0.1, -0.05) is 15.9 Å². The fourth-order valence-corrected chi connectivity index (χ4v) is 2.26. The van der Waals surface area contributed by atoms with E-state index in [0.717, 1.165) is 4.47 Å². The summed E-state index contributed by atoms with van der Waals surface area (Å²) >= 11 is 3.36. The lowest BCUT2D eigenvalue weighted by Gasteiger charge is -2.28. The van der Waals surface area contributed by atoms with Crippen molar-refractivity contribution >= 4 is 32.5 Å². The molecule has 1 N–H and O–H groups in total. The molecule has 19 heavy (non-hydrogen) atoms. The minimum atomic E-state index is -0.464. The third-order valence-electron chi connectivity index (χ3n) is 2.99. The van der Waals surface area contributed by atoms with Gasteiger partial charge in [0.1, 0.15) is 12.3 Å². The van der Waals surface area contributed by atoms with Gasteiger partial charge in [-0.15, -0.1) is 0 Å². The smallest absolute Gasteiger partial charge is 0.329 e. The van der Waals surface area contributed by atoms with Crippen LogP contribution in [-0.4, -0.2) is 29.1 Å². The van der Waals surface area contributed by atoms with Crippen LogP contribution in [0.2, 0.25) is 0 Å². The summed E-state index contributed by atoms with van der Waals surface area (Å²) in [5.41, 5.74) is 0.577. The number of halogens is 1. The van der Waals surface area contributed by atoms with Crippen molar-refractivity contribution in [2.75, 3.05) is 13.1 Å². The lowest BCUT2D eigenvalue weighted by atomic mass is 10.1. The molecule has 2 aromatic rings. The van der Waals surface area contributed by atoms with E-state index in [1.165, 1.54) is 6.20 Å². The van der Waals surface area contributed by atoms with Gasteiger partial charge in [-0.2, -0.15) is 0 Å². The summed E-state index contributed by atoms with van der Waals surface area (Å²) in [4.78, 5) is 14.7. The maximum Gasteiger partial charge on any atom is 0.329 e. The molecule has 1 aliphatic heterocycles. The third kappa shape index (κ3) is 2.26. The number of rotatable bonds is 3. The van der Waals surface area contributed by atoms with Gasteiger partial charge in [-0.25, -0.2) is 4.98 Å². The molecule has 0 unspecified atom stereocenters. The van der Waals surface area contributed by atoms with E-state index in [1.807, 2.05) is 6.07 Å². The van der Waals surface area contributed by atoms with E-state index in [4.69, 9.17) is 4.74 Å². The molecule has 2 heterocycles. The molecule has 1 fully saturated rings. The molecule has 0 radical (unpaired) electrons. The van der Waals surface area contributed by atoms with Gasteiger partial charge in [0.2, 0.25) is 5.75 Å². The van der Waals surface area contributed by atoms with Gasteiger partial charge in [-0.05, 0) is 18.2 Å². The second kappa shape index (κ2) is 4.75. The van der Waals surface area contributed by atoms with E-state index in [2.05, 4.69) is 26.2 Å². The van der Waals surface area contributed by atoms with Crippen molar-refractivity contribution in [3.05, 3.63) is 39.0 Å². The first-order chi connectivity index (χ1) is 9.15. The number of benzene rings is 1. The monoisotopic (exact) mass is 323 g/mol. The van der Waals surface area contributed by atoms with Gasteiger partial charge >= 0.3 is 5.69 Å². The van der Waals surface area contributed by atoms with Gasteiger partial charge in [0.15, 0.2) is 0 Å². The van der Waals surface area contributed by atoms with Crippen LogP contribution in [0.5, 0.6) is 5.75 Å². The molecule has 1 aromatic heterocycles. The maximum absolute atomic E-state index is 11.1. The van der Waals surface area contributed by atoms with Crippen molar-refractivity contribution in [2.24, 2.45) is 0 Å². The predicted molar refractivity (Wildman–Crippen MR) is 73.4 cm³/mol. The van der Waals surface area contributed by atoms with Crippen LogP contribution >= 0.6 is 15.9 Å². The number of nitrogens with zero attached hydrogens (tertiary/aromatic N) is 2. The molecular weight excluding hydrogens is 314 g/mol. The molecule has 0 bridgehead atoms. The highest BCUT2D eigenvalue weighted by atomic mass is 79.9. The molecule has 0 spiro atoms. The zero-order valence-electron chi connectivity index (χ0n) is 9.80. The van der Waals surface area contributed by atoms with Gasteiger partial charge in [0, 0.05) is 17.6 Å². The molecule has 1 aliphatic rings. The van der Waals surface area contributed by atoms with E-state index >= 15 is 0 Å². The minimum absolute atomic E-state index is 0.0247. The van der Waals surface area contributed by atoms with Crippen LogP contribution in [-0.2, 0) is 0 Å². The molecule has 3 rings (SSSR count). The number of nitro groups is 1. The highest BCUT2D eigenvalue weighted by molar-refractivity contribution is 9.10. The number of nitrogens with one attached hydrogen (secondary N) is 1. The predicted octanol–water partition coefficient (Wildman–Crippen LogP) is 2.26. The molecule has 1 aromatic carbocycles. The minimum Gasteiger partial charge on any atom is -0.480 e. The maximum atomic E-state index is 11.1. The Hall–Kier alpha value is -1.73. The van der Waals surface area contributed by atoms with Crippen LogP contribution in [0.25, 0.3) is 10.9 Å². The molecular formula is C12H10BrN3O3. The molecule has 0 atom stereocenters. The lowest BCUT2D eigenvalue weighted by Crippen LogP contribution is -2.50. The average Bonchev–Trinajstić information content (AvgIpc) is 2.33. The summed E-state index contributed by atoms with van der Waals surface area (Å²) in [5, 5.41) is 14.8. The summed E-state index contributed by atoms with van der Waals surface area (Å²) < 4.78 is 6.58. The second-order valence-corrected chi connectivity index (χ2v) is 5.20.